The van der Waals surface area contributed by atoms with E-state index < -0.39 is 15.6 Å². The highest BCUT2D eigenvalue weighted by Gasteiger charge is 2.40. The molecule has 0 saturated heterocycles. The Morgan fingerprint density at radius 2 is 2.05 bits per heavy atom. The summed E-state index contributed by atoms with van der Waals surface area (Å²) in [5.74, 6) is 0.418. The van der Waals surface area contributed by atoms with Crippen LogP contribution in [-0.2, 0) is 16.6 Å². The Hall–Kier alpha value is -0.620. The molecule has 4 nitrogen and oxygen atoms in total. The molecule has 0 unspecified atom stereocenters. The minimum atomic E-state index is -3.55. The number of hydrogen-bond acceptors (Lipinski definition) is 3. The van der Waals surface area contributed by atoms with Gasteiger partial charge in [0.25, 0.3) is 0 Å². The lowest BCUT2D eigenvalue weighted by molar-refractivity contribution is 0.400. The van der Waals surface area contributed by atoms with Crippen LogP contribution in [0.1, 0.15) is 32.3 Å². The van der Waals surface area contributed by atoms with Gasteiger partial charge in [-0.3, -0.25) is 0 Å². The minimum Gasteiger partial charge on any atom is -0.326 e. The highest BCUT2D eigenvalue weighted by Crippen LogP contribution is 2.40. The zero-order valence-corrected chi connectivity index (χ0v) is 12.7. The molecule has 0 amide bonds. The summed E-state index contributed by atoms with van der Waals surface area (Å²) >= 11 is 6.01. The van der Waals surface area contributed by atoms with E-state index in [1.165, 1.54) is 6.07 Å². The molecule has 3 N–H and O–H groups in total. The van der Waals surface area contributed by atoms with Gasteiger partial charge in [-0.25, -0.2) is 13.1 Å². The maximum atomic E-state index is 12.3. The Bertz CT molecular complexity index is 580. The second kappa shape index (κ2) is 5.05. The van der Waals surface area contributed by atoms with Gasteiger partial charge in [-0.15, -0.1) is 0 Å². The average Bonchev–Trinajstić information content (AvgIpc) is 3.11. The second-order valence-electron chi connectivity index (χ2n) is 5.56. The van der Waals surface area contributed by atoms with Gasteiger partial charge in [-0.2, -0.15) is 0 Å². The lowest BCUT2D eigenvalue weighted by Gasteiger charge is -2.25. The van der Waals surface area contributed by atoms with Crippen LogP contribution in [0.3, 0.4) is 0 Å². The lowest BCUT2D eigenvalue weighted by Crippen LogP contribution is -2.45. The van der Waals surface area contributed by atoms with Gasteiger partial charge in [0.1, 0.15) is 0 Å². The Kier molecular flexibility index (Phi) is 3.93. The first-order chi connectivity index (χ1) is 8.76. The number of nitrogens with one attached hydrogen (secondary N) is 1. The maximum Gasteiger partial charge on any atom is 0.241 e. The van der Waals surface area contributed by atoms with Crippen LogP contribution in [0, 0.1) is 5.92 Å². The van der Waals surface area contributed by atoms with E-state index in [0.29, 0.717) is 17.5 Å². The molecular formula is C13H19ClN2O2S. The van der Waals surface area contributed by atoms with Crippen LogP contribution >= 0.6 is 11.6 Å². The molecule has 0 aromatic heterocycles. The Morgan fingerprint density at radius 3 is 2.53 bits per heavy atom. The van der Waals surface area contributed by atoms with Gasteiger partial charge in [0.2, 0.25) is 10.0 Å². The molecule has 1 aliphatic rings. The summed E-state index contributed by atoms with van der Waals surface area (Å²) in [7, 11) is -3.55. The van der Waals surface area contributed by atoms with Crippen molar-refractivity contribution < 1.29 is 8.42 Å². The van der Waals surface area contributed by atoms with Crippen LogP contribution in [0.2, 0.25) is 5.02 Å². The highest BCUT2D eigenvalue weighted by atomic mass is 35.5. The van der Waals surface area contributed by atoms with Crippen molar-refractivity contribution in [1.29, 1.82) is 0 Å². The monoisotopic (exact) mass is 302 g/mol. The number of halogens is 1. The van der Waals surface area contributed by atoms with E-state index in [1.807, 2.05) is 13.8 Å². The number of rotatable bonds is 5. The summed E-state index contributed by atoms with van der Waals surface area (Å²) in [5, 5.41) is 0.384. The van der Waals surface area contributed by atoms with Gasteiger partial charge in [0, 0.05) is 17.1 Å². The Labute approximate surface area is 119 Å². The number of hydrogen-bond donors (Lipinski definition) is 2. The summed E-state index contributed by atoms with van der Waals surface area (Å²) in [6, 6.07) is 4.65. The quantitative estimate of drug-likeness (QED) is 0.876. The molecule has 0 atom stereocenters. The molecule has 0 aliphatic heterocycles. The summed E-state index contributed by atoms with van der Waals surface area (Å²) in [5.41, 5.74) is 5.83. The first-order valence-corrected chi connectivity index (χ1v) is 8.15. The van der Waals surface area contributed by atoms with Crippen molar-refractivity contribution in [2.75, 3.05) is 0 Å². The van der Waals surface area contributed by atoms with Gasteiger partial charge < -0.3 is 5.73 Å². The summed E-state index contributed by atoms with van der Waals surface area (Å²) in [4.78, 5) is 0.184. The summed E-state index contributed by atoms with van der Waals surface area (Å²) in [6.07, 6.45) is 2.14. The molecule has 0 heterocycles. The van der Waals surface area contributed by atoms with Crippen LogP contribution in [0.25, 0.3) is 0 Å². The third kappa shape index (κ3) is 3.28. The standard InChI is InChI=1S/C13H19ClN2O2S/c1-13(2,10-4-5-10)16-19(17,18)11-6-3-9(8-15)12(14)7-11/h3,6-7,10,16H,4-5,8,15H2,1-2H3. The zero-order chi connectivity index (χ0) is 14.3. The molecule has 6 heteroatoms. The zero-order valence-electron chi connectivity index (χ0n) is 11.1. The normalized spacial score (nSPS) is 16.6. The second-order valence-corrected chi connectivity index (χ2v) is 7.65. The van der Waals surface area contributed by atoms with Crippen molar-refractivity contribution in [2.45, 2.75) is 43.7 Å². The fourth-order valence-corrected chi connectivity index (χ4v) is 3.97. The summed E-state index contributed by atoms with van der Waals surface area (Å²) in [6.45, 7) is 4.12. The molecule has 1 aliphatic carbocycles. The van der Waals surface area contributed by atoms with E-state index in [9.17, 15) is 8.42 Å². The van der Waals surface area contributed by atoms with E-state index in [4.69, 9.17) is 17.3 Å². The van der Waals surface area contributed by atoms with Crippen molar-refractivity contribution in [3.05, 3.63) is 28.8 Å². The number of nitrogens with two attached hydrogens (primary N) is 1. The van der Waals surface area contributed by atoms with E-state index in [2.05, 4.69) is 4.72 Å². The van der Waals surface area contributed by atoms with Gasteiger partial charge in [0.05, 0.1) is 4.90 Å². The molecular weight excluding hydrogens is 284 g/mol. The van der Waals surface area contributed by atoms with E-state index >= 15 is 0 Å². The largest absolute Gasteiger partial charge is 0.326 e. The van der Waals surface area contributed by atoms with Gasteiger partial charge in [-0.1, -0.05) is 17.7 Å². The highest BCUT2D eigenvalue weighted by molar-refractivity contribution is 7.89. The van der Waals surface area contributed by atoms with E-state index in [-0.39, 0.29) is 4.90 Å². The molecule has 2 rings (SSSR count). The van der Waals surface area contributed by atoms with Gasteiger partial charge in [0.15, 0.2) is 0 Å². The predicted octanol–water partition coefficient (Wildman–Crippen LogP) is 2.27. The van der Waals surface area contributed by atoms with Crippen molar-refractivity contribution in [1.82, 2.24) is 4.72 Å². The topological polar surface area (TPSA) is 72.2 Å². The first-order valence-electron chi connectivity index (χ1n) is 6.29. The maximum absolute atomic E-state index is 12.3. The smallest absolute Gasteiger partial charge is 0.241 e. The molecule has 1 saturated carbocycles. The van der Waals surface area contributed by atoms with Crippen molar-refractivity contribution in [2.24, 2.45) is 11.7 Å². The molecule has 1 aromatic rings. The van der Waals surface area contributed by atoms with E-state index in [1.54, 1.807) is 12.1 Å². The van der Waals surface area contributed by atoms with Crippen molar-refractivity contribution in [3.63, 3.8) is 0 Å². The van der Waals surface area contributed by atoms with E-state index in [0.717, 1.165) is 18.4 Å². The van der Waals surface area contributed by atoms with Crippen LogP contribution in [0.5, 0.6) is 0 Å². The van der Waals surface area contributed by atoms with Gasteiger partial charge >= 0.3 is 0 Å². The molecule has 0 bridgehead atoms. The average molecular weight is 303 g/mol. The third-order valence-electron chi connectivity index (χ3n) is 3.55. The molecule has 106 valence electrons. The predicted molar refractivity (Wildman–Crippen MR) is 76.5 cm³/mol. The van der Waals surface area contributed by atoms with Crippen molar-refractivity contribution >= 4 is 21.6 Å². The van der Waals surface area contributed by atoms with Crippen LogP contribution in [0.4, 0.5) is 0 Å². The lowest BCUT2D eigenvalue weighted by atomic mass is 10.0. The molecule has 0 spiro atoms. The first kappa shape index (κ1) is 14.8. The SMILES string of the molecule is CC(C)(NS(=O)(=O)c1ccc(CN)c(Cl)c1)C1CC1. The molecule has 0 radical (unpaired) electrons. The molecule has 19 heavy (non-hydrogen) atoms. The van der Waals surface area contributed by atoms with Gasteiger partial charge in [-0.05, 0) is 50.3 Å². The fourth-order valence-electron chi connectivity index (χ4n) is 2.15. The number of sulfonamides is 1. The summed E-state index contributed by atoms with van der Waals surface area (Å²) < 4.78 is 27.4. The molecule has 1 fully saturated rings. The van der Waals surface area contributed by atoms with Crippen LogP contribution < -0.4 is 10.5 Å². The third-order valence-corrected chi connectivity index (χ3v) is 5.57. The minimum absolute atomic E-state index is 0.184. The number of benzene rings is 1. The van der Waals surface area contributed by atoms with Crippen molar-refractivity contribution in [3.8, 4) is 0 Å². The van der Waals surface area contributed by atoms with Crippen LogP contribution in [-0.4, -0.2) is 14.0 Å². The fraction of sp³-hybridized carbons (Fsp3) is 0.538. The molecule has 1 aromatic carbocycles. The Morgan fingerprint density at radius 1 is 1.42 bits per heavy atom. The Balaban J connectivity index is 2.26. The van der Waals surface area contributed by atoms with Crippen LogP contribution in [0.15, 0.2) is 23.1 Å².